The highest BCUT2D eigenvalue weighted by atomic mass is 35.5. The normalized spacial score (nSPS) is 10.5. The van der Waals surface area contributed by atoms with Crippen LogP contribution >= 0.6 is 22.9 Å². The minimum absolute atomic E-state index is 0.142. The lowest BCUT2D eigenvalue weighted by atomic mass is 10.1. The summed E-state index contributed by atoms with van der Waals surface area (Å²) in [6.45, 7) is 5.34. The summed E-state index contributed by atoms with van der Waals surface area (Å²) in [6.07, 6.45) is 0.142. The number of carbonyl (C=O) groups is 3. The Hall–Kier alpha value is -3.16. The average molecular weight is 471 g/mol. The van der Waals surface area contributed by atoms with Gasteiger partial charge in [0.15, 0.2) is 0 Å². The van der Waals surface area contributed by atoms with Gasteiger partial charge < -0.3 is 15.4 Å². The van der Waals surface area contributed by atoms with Gasteiger partial charge in [-0.05, 0) is 49.6 Å². The summed E-state index contributed by atoms with van der Waals surface area (Å²) in [5.41, 5.74) is 2.78. The Balaban J connectivity index is 1.90. The molecule has 166 valence electrons. The topological polar surface area (TPSA) is 84.5 Å². The van der Waals surface area contributed by atoms with Gasteiger partial charge in [-0.2, -0.15) is 0 Å². The maximum atomic E-state index is 13.0. The monoisotopic (exact) mass is 470 g/mol. The number of rotatable bonds is 7. The fraction of sp³-hybridized carbons (Fsp3) is 0.208. The van der Waals surface area contributed by atoms with Crippen LogP contribution in [-0.4, -0.2) is 24.4 Å². The van der Waals surface area contributed by atoms with Crippen molar-refractivity contribution in [3.05, 3.63) is 80.7 Å². The van der Waals surface area contributed by atoms with E-state index in [1.807, 2.05) is 30.3 Å². The highest BCUT2D eigenvalue weighted by Crippen LogP contribution is 2.35. The van der Waals surface area contributed by atoms with Gasteiger partial charge in [0, 0.05) is 10.7 Å². The maximum Gasteiger partial charge on any atom is 0.341 e. The van der Waals surface area contributed by atoms with Crippen molar-refractivity contribution in [3.8, 4) is 0 Å². The van der Waals surface area contributed by atoms with Gasteiger partial charge in [-0.15, -0.1) is 11.3 Å². The fourth-order valence-electron chi connectivity index (χ4n) is 3.14. The Morgan fingerprint density at radius 1 is 0.969 bits per heavy atom. The minimum Gasteiger partial charge on any atom is -0.462 e. The number of hydrogen-bond donors (Lipinski definition) is 2. The van der Waals surface area contributed by atoms with Crippen LogP contribution in [0, 0.1) is 13.8 Å². The van der Waals surface area contributed by atoms with Gasteiger partial charge in [-0.25, -0.2) is 4.79 Å². The Morgan fingerprint density at radius 2 is 1.69 bits per heavy atom. The van der Waals surface area contributed by atoms with Gasteiger partial charge in [0.25, 0.3) is 5.91 Å². The molecular formula is C24H23ClN2O4S. The first-order valence-electron chi connectivity index (χ1n) is 10.0. The van der Waals surface area contributed by atoms with Crippen LogP contribution in [0.25, 0.3) is 0 Å². The van der Waals surface area contributed by atoms with Gasteiger partial charge in [0.1, 0.15) is 5.00 Å². The van der Waals surface area contributed by atoms with E-state index in [9.17, 15) is 14.4 Å². The van der Waals surface area contributed by atoms with E-state index in [-0.39, 0.29) is 29.5 Å². The number of nitrogens with one attached hydrogen (secondary N) is 2. The lowest BCUT2D eigenvalue weighted by Gasteiger charge is -2.09. The molecule has 0 aliphatic carbocycles. The summed E-state index contributed by atoms with van der Waals surface area (Å²) >= 11 is 7.19. The first-order valence-corrected chi connectivity index (χ1v) is 11.2. The molecule has 0 radical (unpaired) electrons. The van der Waals surface area contributed by atoms with Crippen LogP contribution in [0.15, 0.2) is 48.5 Å². The number of ether oxygens (including phenoxy) is 1. The first kappa shape index (κ1) is 23.5. The molecule has 6 nitrogen and oxygen atoms in total. The van der Waals surface area contributed by atoms with E-state index in [1.54, 1.807) is 39.0 Å². The largest absolute Gasteiger partial charge is 0.462 e. The third-order valence-corrected chi connectivity index (χ3v) is 6.42. The SMILES string of the molecule is CCOC(=O)c1c(NC(=O)Cc2ccccc2)sc(C(=O)Nc2cccc(Cl)c2C)c1C. The predicted molar refractivity (Wildman–Crippen MR) is 128 cm³/mol. The Labute approximate surface area is 195 Å². The third kappa shape index (κ3) is 5.36. The summed E-state index contributed by atoms with van der Waals surface area (Å²) in [5, 5.41) is 6.43. The van der Waals surface area contributed by atoms with Crippen LogP contribution in [0.5, 0.6) is 0 Å². The first-order chi connectivity index (χ1) is 15.3. The zero-order chi connectivity index (χ0) is 23.3. The van der Waals surface area contributed by atoms with Crippen LogP contribution in [0.2, 0.25) is 5.02 Å². The van der Waals surface area contributed by atoms with Crippen LogP contribution in [0.3, 0.4) is 0 Å². The summed E-state index contributed by atoms with van der Waals surface area (Å²) < 4.78 is 5.16. The zero-order valence-corrected chi connectivity index (χ0v) is 19.5. The van der Waals surface area contributed by atoms with E-state index < -0.39 is 11.9 Å². The van der Waals surface area contributed by atoms with Gasteiger partial charge in [-0.1, -0.05) is 48.0 Å². The second-order valence-corrected chi connectivity index (χ2v) is 8.49. The second kappa shape index (κ2) is 10.4. The summed E-state index contributed by atoms with van der Waals surface area (Å²) in [5.74, 6) is -1.28. The van der Waals surface area contributed by atoms with Crippen molar-refractivity contribution >= 4 is 51.4 Å². The molecule has 0 spiro atoms. The minimum atomic E-state index is -0.589. The van der Waals surface area contributed by atoms with E-state index in [4.69, 9.17) is 16.3 Å². The van der Waals surface area contributed by atoms with E-state index in [0.717, 1.165) is 22.5 Å². The highest BCUT2D eigenvalue weighted by Gasteiger charge is 2.27. The van der Waals surface area contributed by atoms with Crippen molar-refractivity contribution in [2.24, 2.45) is 0 Å². The molecule has 1 aromatic heterocycles. The molecule has 8 heteroatoms. The number of amides is 2. The molecule has 0 fully saturated rings. The molecule has 32 heavy (non-hydrogen) atoms. The van der Waals surface area contributed by atoms with Crippen LogP contribution < -0.4 is 10.6 Å². The highest BCUT2D eigenvalue weighted by molar-refractivity contribution is 7.19. The maximum absolute atomic E-state index is 13.0. The molecule has 3 aromatic rings. The van der Waals surface area contributed by atoms with Crippen molar-refractivity contribution in [2.45, 2.75) is 27.2 Å². The fourth-order valence-corrected chi connectivity index (χ4v) is 4.42. The Kier molecular flexibility index (Phi) is 7.66. The predicted octanol–water partition coefficient (Wildman–Crippen LogP) is 5.63. The molecule has 0 bridgehead atoms. The third-order valence-electron chi connectivity index (χ3n) is 4.81. The molecule has 1 heterocycles. The number of halogens is 1. The Bertz CT molecular complexity index is 1160. The molecule has 0 aliphatic heterocycles. The van der Waals surface area contributed by atoms with Crippen LogP contribution in [0.1, 0.15) is 43.6 Å². The molecule has 2 aromatic carbocycles. The van der Waals surface area contributed by atoms with Gasteiger partial charge in [-0.3, -0.25) is 9.59 Å². The number of thiophene rings is 1. The number of hydrogen-bond acceptors (Lipinski definition) is 5. The molecule has 0 aliphatic rings. The second-order valence-electron chi connectivity index (χ2n) is 7.06. The van der Waals surface area contributed by atoms with E-state index in [0.29, 0.717) is 21.2 Å². The summed E-state index contributed by atoms with van der Waals surface area (Å²) in [7, 11) is 0. The number of benzene rings is 2. The Morgan fingerprint density at radius 3 is 2.38 bits per heavy atom. The summed E-state index contributed by atoms with van der Waals surface area (Å²) in [6, 6.07) is 14.5. The number of carbonyl (C=O) groups excluding carboxylic acids is 3. The molecule has 0 unspecified atom stereocenters. The van der Waals surface area contributed by atoms with Gasteiger partial charge in [0.2, 0.25) is 5.91 Å². The van der Waals surface area contributed by atoms with Crippen molar-refractivity contribution < 1.29 is 19.1 Å². The quantitative estimate of drug-likeness (QED) is 0.438. The smallest absolute Gasteiger partial charge is 0.341 e. The molecule has 0 saturated heterocycles. The number of anilines is 2. The van der Waals surface area contributed by atoms with Gasteiger partial charge >= 0.3 is 5.97 Å². The van der Waals surface area contributed by atoms with Crippen LogP contribution in [-0.2, 0) is 16.0 Å². The van der Waals surface area contributed by atoms with E-state index >= 15 is 0 Å². The van der Waals surface area contributed by atoms with E-state index in [1.165, 1.54) is 0 Å². The van der Waals surface area contributed by atoms with Crippen molar-refractivity contribution in [1.82, 2.24) is 0 Å². The number of esters is 1. The molecule has 2 N–H and O–H groups in total. The zero-order valence-electron chi connectivity index (χ0n) is 18.0. The summed E-state index contributed by atoms with van der Waals surface area (Å²) in [4.78, 5) is 38.5. The van der Waals surface area contributed by atoms with E-state index in [2.05, 4.69) is 10.6 Å². The molecule has 0 atom stereocenters. The van der Waals surface area contributed by atoms with Crippen molar-refractivity contribution in [1.29, 1.82) is 0 Å². The average Bonchev–Trinajstić information content (AvgIpc) is 3.08. The molecular weight excluding hydrogens is 448 g/mol. The molecule has 0 saturated carbocycles. The molecule has 3 rings (SSSR count). The standard InChI is InChI=1S/C24H23ClN2O4S/c1-4-31-24(30)20-15(3)21(22(29)26-18-12-8-11-17(25)14(18)2)32-23(20)27-19(28)13-16-9-6-5-7-10-16/h5-12H,4,13H2,1-3H3,(H,26,29)(H,27,28). The molecule has 2 amide bonds. The lowest BCUT2D eigenvalue weighted by Crippen LogP contribution is -2.16. The lowest BCUT2D eigenvalue weighted by molar-refractivity contribution is -0.115. The van der Waals surface area contributed by atoms with Gasteiger partial charge in [0.05, 0.1) is 23.5 Å². The van der Waals surface area contributed by atoms with Crippen molar-refractivity contribution in [3.63, 3.8) is 0 Å². The van der Waals surface area contributed by atoms with Crippen molar-refractivity contribution in [2.75, 3.05) is 17.2 Å². The van der Waals surface area contributed by atoms with Crippen LogP contribution in [0.4, 0.5) is 10.7 Å².